The van der Waals surface area contributed by atoms with Crippen LogP contribution in [-0.4, -0.2) is 21.3 Å². The third-order valence-corrected chi connectivity index (χ3v) is 2.98. The molecule has 2 aromatic rings. The van der Waals surface area contributed by atoms with Crippen molar-refractivity contribution in [3.05, 3.63) is 42.3 Å². The normalized spacial score (nSPS) is 22.5. The van der Waals surface area contributed by atoms with Gasteiger partial charge in [0.25, 0.3) is 0 Å². The number of aromatic hydroxyl groups is 1. The van der Waals surface area contributed by atoms with E-state index < -0.39 is 0 Å². The molecule has 0 radical (unpaired) electrons. The first-order valence-electron chi connectivity index (χ1n) is 5.79. The number of phenolic OH excluding ortho intramolecular Hbond substituents is 1. The Bertz CT molecular complexity index is 591. The molecule has 5 heteroatoms. The fraction of sp³-hybridized carbons (Fsp3) is 0.231. The highest BCUT2D eigenvalue weighted by molar-refractivity contribution is 5.56. The largest absolute Gasteiger partial charge is 0.508 e. The summed E-state index contributed by atoms with van der Waals surface area (Å²) in [4.78, 5) is 4.34. The Labute approximate surface area is 104 Å². The van der Waals surface area contributed by atoms with E-state index in [1.54, 1.807) is 18.2 Å². The van der Waals surface area contributed by atoms with Crippen LogP contribution in [0.2, 0.25) is 0 Å². The van der Waals surface area contributed by atoms with Crippen LogP contribution in [0.25, 0.3) is 11.4 Å². The monoisotopic (exact) mass is 243 g/mol. The van der Waals surface area contributed by atoms with Crippen LogP contribution in [0.4, 0.5) is 0 Å². The number of benzene rings is 1. The van der Waals surface area contributed by atoms with Gasteiger partial charge in [-0.3, -0.25) is 0 Å². The lowest BCUT2D eigenvalue weighted by Crippen LogP contribution is -2.14. The van der Waals surface area contributed by atoms with Crippen LogP contribution < -0.4 is 5.73 Å². The SMILES string of the molecule is NC1C=CC(c2nc(-c3cccc(O)c3)no2)C1. The maximum atomic E-state index is 9.41. The maximum Gasteiger partial charge on any atom is 0.233 e. The molecule has 3 N–H and O–H groups in total. The molecule has 0 amide bonds. The predicted molar refractivity (Wildman–Crippen MR) is 65.9 cm³/mol. The van der Waals surface area contributed by atoms with Crippen LogP contribution in [0.3, 0.4) is 0 Å². The van der Waals surface area contributed by atoms with Gasteiger partial charge in [0.15, 0.2) is 0 Å². The van der Waals surface area contributed by atoms with Crippen LogP contribution in [-0.2, 0) is 0 Å². The summed E-state index contributed by atoms with van der Waals surface area (Å²) in [6.07, 6.45) is 4.73. The van der Waals surface area contributed by atoms with E-state index in [0.717, 1.165) is 12.0 Å². The van der Waals surface area contributed by atoms with E-state index in [-0.39, 0.29) is 17.7 Å². The molecule has 5 nitrogen and oxygen atoms in total. The number of rotatable bonds is 2. The highest BCUT2D eigenvalue weighted by Crippen LogP contribution is 2.28. The molecule has 2 atom stereocenters. The van der Waals surface area contributed by atoms with E-state index in [4.69, 9.17) is 10.3 Å². The molecule has 0 saturated heterocycles. The lowest BCUT2D eigenvalue weighted by atomic mass is 10.1. The fourth-order valence-corrected chi connectivity index (χ4v) is 2.06. The number of allylic oxidation sites excluding steroid dienone is 1. The van der Waals surface area contributed by atoms with Crippen molar-refractivity contribution in [2.75, 3.05) is 0 Å². The lowest BCUT2D eigenvalue weighted by Gasteiger charge is -2.01. The fourth-order valence-electron chi connectivity index (χ4n) is 2.06. The van der Waals surface area contributed by atoms with Crippen molar-refractivity contribution in [3.63, 3.8) is 0 Å². The van der Waals surface area contributed by atoms with Crippen molar-refractivity contribution in [2.45, 2.75) is 18.4 Å². The number of phenols is 1. The average Bonchev–Trinajstić information content (AvgIpc) is 2.97. The number of aromatic nitrogens is 2. The molecule has 1 heterocycles. The Morgan fingerprint density at radius 2 is 2.22 bits per heavy atom. The molecule has 0 aliphatic heterocycles. The van der Waals surface area contributed by atoms with Gasteiger partial charge in [0.2, 0.25) is 11.7 Å². The predicted octanol–water partition coefficient (Wildman–Crippen LogP) is 1.81. The van der Waals surface area contributed by atoms with Crippen molar-refractivity contribution in [2.24, 2.45) is 5.73 Å². The molecule has 0 fully saturated rings. The van der Waals surface area contributed by atoms with Gasteiger partial charge in [-0.1, -0.05) is 29.4 Å². The summed E-state index contributed by atoms with van der Waals surface area (Å²) >= 11 is 0. The van der Waals surface area contributed by atoms with Gasteiger partial charge in [-0.15, -0.1) is 0 Å². The Balaban J connectivity index is 1.88. The van der Waals surface area contributed by atoms with Crippen molar-refractivity contribution in [1.29, 1.82) is 0 Å². The summed E-state index contributed by atoms with van der Waals surface area (Å²) in [6, 6.07) is 6.83. The smallest absolute Gasteiger partial charge is 0.233 e. The van der Waals surface area contributed by atoms with E-state index >= 15 is 0 Å². The Kier molecular flexibility index (Phi) is 2.60. The zero-order valence-electron chi connectivity index (χ0n) is 9.65. The van der Waals surface area contributed by atoms with Gasteiger partial charge in [-0.25, -0.2) is 0 Å². The molecule has 2 unspecified atom stereocenters. The van der Waals surface area contributed by atoms with Gasteiger partial charge >= 0.3 is 0 Å². The quantitative estimate of drug-likeness (QED) is 0.786. The van der Waals surface area contributed by atoms with E-state index in [1.165, 1.54) is 0 Å². The summed E-state index contributed by atoms with van der Waals surface area (Å²) in [6.45, 7) is 0. The second-order valence-corrected chi connectivity index (χ2v) is 4.40. The number of hydrogen-bond donors (Lipinski definition) is 2. The van der Waals surface area contributed by atoms with Crippen LogP contribution >= 0.6 is 0 Å². The first-order valence-corrected chi connectivity index (χ1v) is 5.79. The zero-order valence-corrected chi connectivity index (χ0v) is 9.65. The van der Waals surface area contributed by atoms with Crippen LogP contribution in [0.5, 0.6) is 5.75 Å². The van der Waals surface area contributed by atoms with E-state index in [9.17, 15) is 5.11 Å². The van der Waals surface area contributed by atoms with Gasteiger partial charge in [-0.2, -0.15) is 4.98 Å². The van der Waals surface area contributed by atoms with Crippen molar-refractivity contribution >= 4 is 0 Å². The molecule has 92 valence electrons. The molecule has 1 aromatic heterocycles. The highest BCUT2D eigenvalue weighted by atomic mass is 16.5. The second kappa shape index (κ2) is 4.27. The molecule has 18 heavy (non-hydrogen) atoms. The number of nitrogens with zero attached hydrogens (tertiary/aromatic N) is 2. The van der Waals surface area contributed by atoms with Gasteiger partial charge in [0, 0.05) is 11.6 Å². The lowest BCUT2D eigenvalue weighted by molar-refractivity contribution is 0.365. The molecular formula is C13H13N3O2. The third-order valence-electron chi connectivity index (χ3n) is 2.98. The molecule has 1 aromatic carbocycles. The average molecular weight is 243 g/mol. The molecule has 1 aliphatic rings. The van der Waals surface area contributed by atoms with Crippen molar-refractivity contribution < 1.29 is 9.63 Å². The third kappa shape index (κ3) is 2.00. The molecule has 3 rings (SSSR count). The van der Waals surface area contributed by atoms with E-state index in [0.29, 0.717) is 11.7 Å². The van der Waals surface area contributed by atoms with Gasteiger partial charge in [-0.05, 0) is 18.6 Å². The summed E-state index contributed by atoms with van der Waals surface area (Å²) in [5, 5.41) is 13.3. The minimum Gasteiger partial charge on any atom is -0.508 e. The maximum absolute atomic E-state index is 9.41. The van der Waals surface area contributed by atoms with E-state index in [2.05, 4.69) is 10.1 Å². The Morgan fingerprint density at radius 3 is 2.94 bits per heavy atom. The molecule has 0 saturated carbocycles. The van der Waals surface area contributed by atoms with Gasteiger partial charge < -0.3 is 15.4 Å². The number of hydrogen-bond acceptors (Lipinski definition) is 5. The summed E-state index contributed by atoms with van der Waals surface area (Å²) in [5.41, 5.74) is 6.52. The van der Waals surface area contributed by atoms with Crippen LogP contribution in [0.15, 0.2) is 40.9 Å². The Morgan fingerprint density at radius 1 is 1.33 bits per heavy atom. The van der Waals surface area contributed by atoms with Crippen LogP contribution in [0, 0.1) is 0 Å². The Hall–Kier alpha value is -2.14. The topological polar surface area (TPSA) is 85.2 Å². The zero-order chi connectivity index (χ0) is 12.5. The molecular weight excluding hydrogens is 230 g/mol. The minimum absolute atomic E-state index is 0.0612. The first kappa shape index (κ1) is 11.0. The van der Waals surface area contributed by atoms with Gasteiger partial charge in [0.1, 0.15) is 5.75 Å². The van der Waals surface area contributed by atoms with Crippen molar-refractivity contribution in [3.8, 4) is 17.1 Å². The summed E-state index contributed by atoms with van der Waals surface area (Å²) in [5.74, 6) is 1.33. The van der Waals surface area contributed by atoms with Gasteiger partial charge in [0.05, 0.1) is 5.92 Å². The molecule has 0 bridgehead atoms. The van der Waals surface area contributed by atoms with E-state index in [1.807, 2.05) is 18.2 Å². The minimum atomic E-state index is 0.0612. The standard InChI is InChI=1S/C13H13N3O2/c14-10-5-4-9(6-10)13-15-12(16-18-13)8-2-1-3-11(17)7-8/h1-5,7,9-10,17H,6,14H2. The molecule has 1 aliphatic carbocycles. The second-order valence-electron chi connectivity index (χ2n) is 4.40. The van der Waals surface area contributed by atoms with Crippen molar-refractivity contribution in [1.82, 2.24) is 10.1 Å². The summed E-state index contributed by atoms with van der Waals surface area (Å²) < 4.78 is 5.24. The number of nitrogens with two attached hydrogens (primary N) is 1. The highest BCUT2D eigenvalue weighted by Gasteiger charge is 2.23. The summed E-state index contributed by atoms with van der Waals surface area (Å²) in [7, 11) is 0. The molecule has 0 spiro atoms. The first-order chi connectivity index (χ1) is 8.72. The van der Waals surface area contributed by atoms with Crippen LogP contribution in [0.1, 0.15) is 18.2 Å².